The van der Waals surface area contributed by atoms with Crippen molar-refractivity contribution in [2.45, 2.75) is 12.3 Å². The van der Waals surface area contributed by atoms with Crippen molar-refractivity contribution in [1.29, 1.82) is 0 Å². The first-order valence-corrected chi connectivity index (χ1v) is 7.10. The van der Waals surface area contributed by atoms with E-state index in [4.69, 9.17) is 4.74 Å². The van der Waals surface area contributed by atoms with Crippen molar-refractivity contribution in [1.82, 2.24) is 4.98 Å². The van der Waals surface area contributed by atoms with Gasteiger partial charge in [0.05, 0.1) is 6.20 Å². The molecule has 1 atom stereocenters. The molecule has 1 aromatic carbocycles. The van der Waals surface area contributed by atoms with Crippen LogP contribution < -0.4 is 10.1 Å². The fourth-order valence-electron chi connectivity index (χ4n) is 1.51. The Hall–Kier alpha value is -1.94. The first-order valence-electron chi connectivity index (χ1n) is 6.28. The molecule has 1 aromatic heterocycles. The van der Waals surface area contributed by atoms with Gasteiger partial charge in [-0.05, 0) is 12.1 Å². The minimum absolute atomic E-state index is 0.00389. The Morgan fingerprint density at radius 3 is 2.61 bits per heavy atom. The third-order valence-corrected chi connectivity index (χ3v) is 3.61. The number of benzene rings is 1. The first kappa shape index (κ1) is 17.4. The Morgan fingerprint density at radius 2 is 2.00 bits per heavy atom. The molecule has 23 heavy (non-hydrogen) atoms. The highest BCUT2D eigenvalue weighted by Crippen LogP contribution is 2.34. The summed E-state index contributed by atoms with van der Waals surface area (Å²) in [7, 11) is 0. The third-order valence-electron chi connectivity index (χ3n) is 2.61. The number of halogens is 5. The van der Waals surface area contributed by atoms with E-state index >= 15 is 0 Å². The second kappa shape index (κ2) is 7.09. The van der Waals surface area contributed by atoms with Gasteiger partial charge in [-0.3, -0.25) is 0 Å². The predicted octanol–water partition coefficient (Wildman–Crippen LogP) is 3.29. The number of hydrogen-bond acceptors (Lipinski definition) is 5. The van der Waals surface area contributed by atoms with Crippen LogP contribution in [-0.2, 0) is 6.18 Å². The van der Waals surface area contributed by atoms with Crippen molar-refractivity contribution < 1.29 is 31.8 Å². The van der Waals surface area contributed by atoms with E-state index in [2.05, 4.69) is 10.3 Å². The molecule has 0 bridgehead atoms. The molecular weight excluding hydrogens is 343 g/mol. The molecule has 0 saturated heterocycles. The van der Waals surface area contributed by atoms with Crippen LogP contribution in [0.25, 0.3) is 0 Å². The average Bonchev–Trinajstić information content (AvgIpc) is 2.95. The van der Waals surface area contributed by atoms with E-state index in [1.54, 1.807) is 0 Å². The molecule has 0 amide bonds. The molecule has 4 nitrogen and oxygen atoms in total. The zero-order valence-corrected chi connectivity index (χ0v) is 12.2. The SMILES string of the molecule is OC(CNc1ncc(C(F)(F)F)s1)COc1ccc(F)c(F)c1. The van der Waals surface area contributed by atoms with Gasteiger partial charge < -0.3 is 15.2 Å². The molecule has 0 saturated carbocycles. The quantitative estimate of drug-likeness (QED) is 0.782. The number of aromatic nitrogens is 1. The Bertz CT molecular complexity index is 662. The molecular formula is C13H11F5N2O2S. The van der Waals surface area contributed by atoms with Crippen molar-refractivity contribution >= 4 is 16.5 Å². The molecule has 0 fully saturated rings. The van der Waals surface area contributed by atoms with Crippen LogP contribution in [0.15, 0.2) is 24.4 Å². The van der Waals surface area contributed by atoms with Gasteiger partial charge in [0.25, 0.3) is 0 Å². The van der Waals surface area contributed by atoms with Crippen LogP contribution in [0.1, 0.15) is 4.88 Å². The number of aliphatic hydroxyl groups is 1. The van der Waals surface area contributed by atoms with Gasteiger partial charge in [0, 0.05) is 12.6 Å². The lowest BCUT2D eigenvalue weighted by molar-refractivity contribution is -0.134. The van der Waals surface area contributed by atoms with Crippen molar-refractivity contribution in [3.63, 3.8) is 0 Å². The summed E-state index contributed by atoms with van der Waals surface area (Å²) in [6, 6.07) is 2.89. The van der Waals surface area contributed by atoms with E-state index in [1.165, 1.54) is 6.07 Å². The van der Waals surface area contributed by atoms with E-state index < -0.39 is 28.8 Å². The van der Waals surface area contributed by atoms with Crippen LogP contribution >= 0.6 is 11.3 Å². The highest BCUT2D eigenvalue weighted by molar-refractivity contribution is 7.15. The summed E-state index contributed by atoms with van der Waals surface area (Å²) in [4.78, 5) is 2.68. The van der Waals surface area contributed by atoms with Crippen molar-refractivity contribution in [2.75, 3.05) is 18.5 Å². The second-order valence-corrected chi connectivity index (χ2v) is 5.48. The van der Waals surface area contributed by atoms with Gasteiger partial charge in [0.2, 0.25) is 0 Å². The summed E-state index contributed by atoms with van der Waals surface area (Å²) in [6.45, 7) is -0.371. The van der Waals surface area contributed by atoms with E-state index in [9.17, 15) is 27.1 Å². The number of alkyl halides is 3. The normalized spacial score (nSPS) is 13.0. The first-order chi connectivity index (χ1) is 10.8. The van der Waals surface area contributed by atoms with Crippen molar-refractivity contribution in [3.8, 4) is 5.75 Å². The fraction of sp³-hybridized carbons (Fsp3) is 0.308. The molecule has 0 radical (unpaired) electrons. The van der Waals surface area contributed by atoms with Crippen LogP contribution in [-0.4, -0.2) is 29.3 Å². The predicted molar refractivity (Wildman–Crippen MR) is 73.5 cm³/mol. The number of ether oxygens (including phenoxy) is 1. The minimum atomic E-state index is -4.47. The van der Waals surface area contributed by atoms with E-state index in [0.717, 1.165) is 12.1 Å². The van der Waals surface area contributed by atoms with Crippen LogP contribution in [0.2, 0.25) is 0 Å². The summed E-state index contributed by atoms with van der Waals surface area (Å²) in [6.07, 6.45) is -4.86. The largest absolute Gasteiger partial charge is 0.491 e. The maximum absolute atomic E-state index is 12.9. The zero-order chi connectivity index (χ0) is 17.0. The molecule has 2 aromatic rings. The smallest absolute Gasteiger partial charge is 0.427 e. The minimum Gasteiger partial charge on any atom is -0.491 e. The number of hydrogen-bond donors (Lipinski definition) is 2. The lowest BCUT2D eigenvalue weighted by Crippen LogP contribution is -2.26. The van der Waals surface area contributed by atoms with Crippen molar-refractivity contribution in [3.05, 3.63) is 40.9 Å². The molecule has 2 rings (SSSR count). The molecule has 0 aliphatic heterocycles. The molecule has 0 spiro atoms. The Balaban J connectivity index is 1.79. The monoisotopic (exact) mass is 354 g/mol. The number of aliphatic hydroxyl groups excluding tert-OH is 1. The molecule has 126 valence electrons. The fourth-order valence-corrected chi connectivity index (χ4v) is 2.20. The topological polar surface area (TPSA) is 54.4 Å². The molecule has 1 unspecified atom stereocenters. The summed E-state index contributed by atoms with van der Waals surface area (Å²) < 4.78 is 67.9. The van der Waals surface area contributed by atoms with E-state index in [-0.39, 0.29) is 24.0 Å². The number of nitrogens with one attached hydrogen (secondary N) is 1. The summed E-state index contributed by atoms with van der Waals surface area (Å²) in [5, 5.41) is 12.2. The lowest BCUT2D eigenvalue weighted by Gasteiger charge is -2.13. The Labute approximate surface area is 131 Å². The average molecular weight is 354 g/mol. The van der Waals surface area contributed by atoms with Crippen LogP contribution in [0.5, 0.6) is 5.75 Å². The van der Waals surface area contributed by atoms with Gasteiger partial charge in [0.1, 0.15) is 23.3 Å². The van der Waals surface area contributed by atoms with E-state index in [1.807, 2.05) is 0 Å². The van der Waals surface area contributed by atoms with Crippen LogP contribution in [0.3, 0.4) is 0 Å². The van der Waals surface area contributed by atoms with E-state index in [0.29, 0.717) is 17.5 Å². The Morgan fingerprint density at radius 1 is 1.26 bits per heavy atom. The third kappa shape index (κ3) is 5.03. The second-order valence-electron chi connectivity index (χ2n) is 4.45. The number of anilines is 1. The number of nitrogens with zero attached hydrogens (tertiary/aromatic N) is 1. The number of rotatable bonds is 6. The molecule has 1 heterocycles. The molecule has 0 aliphatic rings. The highest BCUT2D eigenvalue weighted by Gasteiger charge is 2.33. The van der Waals surface area contributed by atoms with Gasteiger partial charge in [-0.1, -0.05) is 11.3 Å². The zero-order valence-electron chi connectivity index (χ0n) is 11.4. The standard InChI is InChI=1S/C13H11F5N2O2S/c14-9-2-1-8(3-10(9)15)22-6-7(21)4-19-12-20-5-11(23-12)13(16,17)18/h1-3,5,7,21H,4,6H2,(H,19,20). The van der Waals surface area contributed by atoms with Crippen LogP contribution in [0, 0.1) is 11.6 Å². The summed E-state index contributed by atoms with van der Waals surface area (Å²) in [5.74, 6) is -2.09. The number of thiazole rings is 1. The molecule has 0 aliphatic carbocycles. The van der Waals surface area contributed by atoms with Gasteiger partial charge in [-0.25, -0.2) is 13.8 Å². The van der Waals surface area contributed by atoms with Gasteiger partial charge >= 0.3 is 6.18 Å². The maximum Gasteiger partial charge on any atom is 0.427 e. The van der Waals surface area contributed by atoms with Gasteiger partial charge in [-0.15, -0.1) is 0 Å². The molecule has 2 N–H and O–H groups in total. The van der Waals surface area contributed by atoms with Gasteiger partial charge in [0.15, 0.2) is 16.8 Å². The van der Waals surface area contributed by atoms with Gasteiger partial charge in [-0.2, -0.15) is 13.2 Å². The summed E-state index contributed by atoms with van der Waals surface area (Å²) >= 11 is 0.409. The van der Waals surface area contributed by atoms with Crippen molar-refractivity contribution in [2.24, 2.45) is 0 Å². The van der Waals surface area contributed by atoms with Crippen LogP contribution in [0.4, 0.5) is 27.1 Å². The molecule has 10 heteroatoms. The summed E-state index contributed by atoms with van der Waals surface area (Å²) in [5.41, 5.74) is 0. The highest BCUT2D eigenvalue weighted by atomic mass is 32.1. The maximum atomic E-state index is 12.9. The Kier molecular flexibility index (Phi) is 5.37. The lowest BCUT2D eigenvalue weighted by atomic mass is 10.3.